The number of hydrogen-bond donors (Lipinski definition) is 2. The molecule has 11 nitrogen and oxygen atoms in total. The molecule has 1 aromatic rings. The highest BCUT2D eigenvalue weighted by Gasteiger charge is 2.54. The number of β-lactam (4-membered cyclic amide) rings is 1. The van der Waals surface area contributed by atoms with Crippen LogP contribution in [0.2, 0.25) is 0 Å². The molecule has 0 saturated carbocycles. The Balaban J connectivity index is 1.78. The van der Waals surface area contributed by atoms with Gasteiger partial charge in [-0.25, -0.2) is 9.59 Å². The van der Waals surface area contributed by atoms with Gasteiger partial charge in [0.15, 0.2) is 5.71 Å². The third-order valence-corrected chi connectivity index (χ3v) is 6.44. The highest BCUT2D eigenvalue weighted by atomic mass is 32.2. The van der Waals surface area contributed by atoms with Crippen molar-refractivity contribution in [2.45, 2.75) is 25.3 Å². The molecule has 0 unspecified atom stereocenters. The van der Waals surface area contributed by atoms with Crippen LogP contribution in [-0.2, 0) is 33.5 Å². The Bertz CT molecular complexity index is 1000. The molecule has 2 aliphatic heterocycles. The third-order valence-electron chi connectivity index (χ3n) is 4.22. The molecule has 1 fully saturated rings. The number of carboxylic acid groups (broad SMARTS) is 1. The average Bonchev–Trinajstić information content (AvgIpc) is 3.23. The molecule has 2 aliphatic rings. The second-order valence-electron chi connectivity index (χ2n) is 6.40. The molecule has 13 heteroatoms. The van der Waals surface area contributed by atoms with Crippen LogP contribution in [0.5, 0.6) is 0 Å². The number of aliphatic carboxylic acids is 1. The summed E-state index contributed by atoms with van der Waals surface area (Å²) in [6.45, 7) is 2.09. The van der Waals surface area contributed by atoms with Crippen molar-refractivity contribution in [2.75, 3.05) is 12.4 Å². The Kier molecular flexibility index (Phi) is 6.75. The second kappa shape index (κ2) is 9.31. The number of amides is 2. The molecule has 1 aromatic heterocycles. The van der Waals surface area contributed by atoms with Gasteiger partial charge >= 0.3 is 17.9 Å². The zero-order chi connectivity index (χ0) is 22.7. The van der Waals surface area contributed by atoms with Crippen molar-refractivity contribution < 1.29 is 38.7 Å². The van der Waals surface area contributed by atoms with Gasteiger partial charge in [-0.15, -0.1) is 23.1 Å². The highest BCUT2D eigenvalue weighted by molar-refractivity contribution is 8.00. The van der Waals surface area contributed by atoms with Gasteiger partial charge in [0.05, 0.1) is 4.88 Å². The standard InChI is InChI=1S/C18H17N3O8S2/c1-8(22)28-6-10-7-31-17-13(16(25)21(17)14(10)18(26)27)19-15(24)12(20-29-9(2)23)11-4-3-5-30-11/h3-5,13,17H,6-7H2,1-2H3,(H,19,24)(H,26,27)/b20-12-/t13-,17-/m1/s1. The number of carboxylic acids is 1. The van der Waals surface area contributed by atoms with Crippen LogP contribution in [-0.4, -0.2) is 69.2 Å². The molecule has 0 bridgehead atoms. The summed E-state index contributed by atoms with van der Waals surface area (Å²) >= 11 is 2.42. The van der Waals surface area contributed by atoms with Crippen molar-refractivity contribution in [2.24, 2.45) is 5.16 Å². The van der Waals surface area contributed by atoms with E-state index in [4.69, 9.17) is 4.74 Å². The van der Waals surface area contributed by atoms with Crippen molar-refractivity contribution in [1.29, 1.82) is 0 Å². The molecule has 2 N–H and O–H groups in total. The topological polar surface area (TPSA) is 152 Å². The monoisotopic (exact) mass is 467 g/mol. The van der Waals surface area contributed by atoms with Crippen molar-refractivity contribution in [1.82, 2.24) is 10.2 Å². The van der Waals surface area contributed by atoms with Crippen LogP contribution in [0.3, 0.4) is 0 Å². The number of nitrogens with zero attached hydrogens (tertiary/aromatic N) is 2. The van der Waals surface area contributed by atoms with Gasteiger partial charge in [0.25, 0.3) is 11.8 Å². The molecule has 3 rings (SSSR count). The lowest BCUT2D eigenvalue weighted by atomic mass is 10.0. The van der Waals surface area contributed by atoms with Crippen LogP contribution < -0.4 is 5.32 Å². The van der Waals surface area contributed by atoms with Gasteiger partial charge in [0.1, 0.15) is 23.7 Å². The maximum Gasteiger partial charge on any atom is 0.352 e. The molecule has 0 aliphatic carbocycles. The maximum atomic E-state index is 12.7. The van der Waals surface area contributed by atoms with Crippen LogP contribution >= 0.6 is 23.1 Å². The Hall–Kier alpha value is -3.19. The minimum atomic E-state index is -1.33. The minimum Gasteiger partial charge on any atom is -0.477 e. The summed E-state index contributed by atoms with van der Waals surface area (Å²) in [5, 5.41) is 16.7. The van der Waals surface area contributed by atoms with Crippen molar-refractivity contribution >= 4 is 58.5 Å². The van der Waals surface area contributed by atoms with Crippen molar-refractivity contribution in [3.8, 4) is 0 Å². The number of oxime groups is 1. The SMILES string of the molecule is CC(=O)OCC1=C(C(=O)O)N2C(=O)[C@@H](NC(=O)/C(=N\OC(C)=O)c3cccs3)[C@H]2SC1. The van der Waals surface area contributed by atoms with E-state index in [0.717, 1.165) is 11.8 Å². The number of esters is 1. The number of carbonyl (C=O) groups excluding carboxylic acids is 4. The molecule has 3 heterocycles. The first kappa shape index (κ1) is 22.5. The summed E-state index contributed by atoms with van der Waals surface area (Å²) in [7, 11) is 0. The van der Waals surface area contributed by atoms with Gasteiger partial charge in [0.2, 0.25) is 0 Å². The van der Waals surface area contributed by atoms with Gasteiger partial charge in [-0.3, -0.25) is 19.3 Å². The predicted molar refractivity (Wildman–Crippen MR) is 109 cm³/mol. The molecule has 31 heavy (non-hydrogen) atoms. The Labute approximate surface area is 184 Å². The summed E-state index contributed by atoms with van der Waals surface area (Å²) in [4.78, 5) is 65.4. The highest BCUT2D eigenvalue weighted by Crippen LogP contribution is 2.40. The fourth-order valence-corrected chi connectivity index (χ4v) is 4.94. The van der Waals surface area contributed by atoms with E-state index in [9.17, 15) is 29.1 Å². The van der Waals surface area contributed by atoms with Crippen molar-refractivity contribution in [3.05, 3.63) is 33.7 Å². The summed E-state index contributed by atoms with van der Waals surface area (Å²) < 4.78 is 4.88. The summed E-state index contributed by atoms with van der Waals surface area (Å²) in [5.41, 5.74) is -0.146. The molecule has 2 atom stereocenters. The van der Waals surface area contributed by atoms with Crippen LogP contribution in [0.25, 0.3) is 0 Å². The summed E-state index contributed by atoms with van der Waals surface area (Å²) in [6.07, 6.45) is 0. The van der Waals surface area contributed by atoms with E-state index >= 15 is 0 Å². The lowest BCUT2D eigenvalue weighted by molar-refractivity contribution is -0.150. The van der Waals surface area contributed by atoms with Crippen LogP contribution in [0.15, 0.2) is 33.9 Å². The van der Waals surface area contributed by atoms with Crippen LogP contribution in [0.4, 0.5) is 0 Å². The van der Waals surface area contributed by atoms with E-state index < -0.39 is 41.1 Å². The number of fused-ring (bicyclic) bond motifs is 1. The van der Waals surface area contributed by atoms with E-state index in [2.05, 4.69) is 15.3 Å². The first-order valence-corrected chi connectivity index (χ1v) is 10.8. The molecule has 164 valence electrons. The average molecular weight is 467 g/mol. The zero-order valence-electron chi connectivity index (χ0n) is 16.3. The van der Waals surface area contributed by atoms with E-state index in [1.807, 2.05) is 0 Å². The lowest BCUT2D eigenvalue weighted by Gasteiger charge is -2.49. The molecule has 0 spiro atoms. The quantitative estimate of drug-likeness (QED) is 0.190. The Morgan fingerprint density at radius 3 is 2.61 bits per heavy atom. The Morgan fingerprint density at radius 2 is 2.03 bits per heavy atom. The third kappa shape index (κ3) is 4.77. The van der Waals surface area contributed by atoms with E-state index in [1.165, 1.54) is 30.0 Å². The van der Waals surface area contributed by atoms with E-state index in [0.29, 0.717) is 4.88 Å². The number of ether oxygens (including phenoxy) is 1. The number of thiophene rings is 1. The molecule has 2 amide bonds. The molecule has 0 aromatic carbocycles. The summed E-state index contributed by atoms with van der Waals surface area (Å²) in [6, 6.07) is 2.28. The first-order valence-electron chi connectivity index (χ1n) is 8.84. The van der Waals surface area contributed by atoms with Gasteiger partial charge in [-0.05, 0) is 11.4 Å². The Morgan fingerprint density at radius 1 is 1.29 bits per heavy atom. The van der Waals surface area contributed by atoms with Crippen LogP contribution in [0, 0.1) is 0 Å². The van der Waals surface area contributed by atoms with Gasteiger partial charge in [-0.1, -0.05) is 11.2 Å². The number of nitrogens with one attached hydrogen (secondary N) is 1. The number of carbonyl (C=O) groups is 5. The fourth-order valence-electron chi connectivity index (χ4n) is 2.91. The molecule has 0 radical (unpaired) electrons. The van der Waals surface area contributed by atoms with Gasteiger partial charge in [-0.2, -0.15) is 0 Å². The fraction of sp³-hybridized carbons (Fsp3) is 0.333. The van der Waals surface area contributed by atoms with Crippen LogP contribution in [0.1, 0.15) is 18.7 Å². The number of rotatable bonds is 7. The number of hydrogen-bond acceptors (Lipinski definition) is 10. The molecule has 1 saturated heterocycles. The first-order chi connectivity index (χ1) is 14.7. The minimum absolute atomic E-state index is 0.179. The van der Waals surface area contributed by atoms with Gasteiger partial charge in [0, 0.05) is 25.2 Å². The maximum absolute atomic E-state index is 12.7. The lowest BCUT2D eigenvalue weighted by Crippen LogP contribution is -2.71. The normalized spacial score (nSPS) is 20.5. The molecular weight excluding hydrogens is 450 g/mol. The van der Waals surface area contributed by atoms with Gasteiger partial charge < -0.3 is 20.0 Å². The second-order valence-corrected chi connectivity index (χ2v) is 8.45. The summed E-state index contributed by atoms with van der Waals surface area (Å²) in [5.74, 6) is -3.78. The number of thioether (sulfide) groups is 1. The van der Waals surface area contributed by atoms with E-state index in [-0.39, 0.29) is 29.3 Å². The smallest absolute Gasteiger partial charge is 0.352 e. The van der Waals surface area contributed by atoms with E-state index in [1.54, 1.807) is 17.5 Å². The predicted octanol–water partition coefficient (Wildman–Crippen LogP) is 0.317. The largest absolute Gasteiger partial charge is 0.477 e. The van der Waals surface area contributed by atoms with Crippen molar-refractivity contribution in [3.63, 3.8) is 0 Å². The molecular formula is C18H17N3O8S2. The zero-order valence-corrected chi connectivity index (χ0v) is 17.9.